The number of ether oxygens (including phenoxy) is 1. The highest BCUT2D eigenvalue weighted by Crippen LogP contribution is 2.32. The molecule has 0 aliphatic carbocycles. The molecule has 7 heteroatoms. The molecule has 0 bridgehead atoms. The molecule has 0 aromatic heterocycles. The van der Waals surface area contributed by atoms with Gasteiger partial charge in [-0.1, -0.05) is 36.1 Å². The largest absolute Gasteiger partial charge is 0.469 e. The summed E-state index contributed by atoms with van der Waals surface area (Å²) in [7, 11) is 5.27. The lowest BCUT2D eigenvalue weighted by atomic mass is 10.2. The lowest BCUT2D eigenvalue weighted by Crippen LogP contribution is -2.30. The van der Waals surface area contributed by atoms with E-state index in [1.54, 1.807) is 0 Å². The minimum Gasteiger partial charge on any atom is -0.469 e. The predicted molar refractivity (Wildman–Crippen MR) is 97.3 cm³/mol. The van der Waals surface area contributed by atoms with Gasteiger partial charge in [0.2, 0.25) is 0 Å². The normalized spacial score (nSPS) is 16.1. The summed E-state index contributed by atoms with van der Waals surface area (Å²) in [5.41, 5.74) is 2.02. The van der Waals surface area contributed by atoms with Crippen molar-refractivity contribution in [2.45, 2.75) is 6.42 Å². The van der Waals surface area contributed by atoms with Crippen LogP contribution < -0.4 is 4.90 Å². The van der Waals surface area contributed by atoms with E-state index in [2.05, 4.69) is 4.74 Å². The number of thioether (sulfide) groups is 1. The molecule has 1 heterocycles. The fraction of sp³-hybridized carbons (Fsp3) is 0.312. The van der Waals surface area contributed by atoms with Gasteiger partial charge in [0.05, 0.1) is 18.4 Å². The van der Waals surface area contributed by atoms with E-state index in [0.29, 0.717) is 9.23 Å². The monoisotopic (exact) mass is 350 g/mol. The van der Waals surface area contributed by atoms with Gasteiger partial charge in [0.1, 0.15) is 4.32 Å². The standard InChI is InChI=1S/C16H18N2O3S2/c1-17(2)12-6-4-11(5-7-12)10-13-15(20)18(16(22)23-13)9-8-14(19)21-3/h4-7,10H,8-9H2,1-3H3. The minimum absolute atomic E-state index is 0.133. The zero-order valence-electron chi connectivity index (χ0n) is 13.2. The van der Waals surface area contributed by atoms with E-state index in [1.807, 2.05) is 49.3 Å². The Morgan fingerprint density at radius 2 is 2.00 bits per heavy atom. The molecule has 0 N–H and O–H groups in total. The number of amides is 1. The third-order valence-corrected chi connectivity index (χ3v) is 4.73. The maximum Gasteiger partial charge on any atom is 0.307 e. The van der Waals surface area contributed by atoms with Gasteiger partial charge in [-0.2, -0.15) is 0 Å². The quantitative estimate of drug-likeness (QED) is 0.462. The Morgan fingerprint density at radius 3 is 2.57 bits per heavy atom. The number of methoxy groups -OCH3 is 1. The Bertz CT molecular complexity index is 654. The number of carbonyl (C=O) groups is 2. The molecule has 1 aromatic rings. The molecule has 122 valence electrons. The van der Waals surface area contributed by atoms with E-state index in [4.69, 9.17) is 12.2 Å². The number of rotatable bonds is 5. The summed E-state index contributed by atoms with van der Waals surface area (Å²) in [5, 5.41) is 0. The number of hydrogen-bond donors (Lipinski definition) is 0. The first kappa shape index (κ1) is 17.5. The number of carbonyl (C=O) groups excluding carboxylic acids is 2. The van der Waals surface area contributed by atoms with Crippen molar-refractivity contribution in [2.24, 2.45) is 0 Å². The van der Waals surface area contributed by atoms with Crippen molar-refractivity contribution >= 4 is 51.9 Å². The van der Waals surface area contributed by atoms with Gasteiger partial charge in [0.25, 0.3) is 5.91 Å². The van der Waals surface area contributed by atoms with Gasteiger partial charge in [0, 0.05) is 26.3 Å². The maximum absolute atomic E-state index is 12.4. The zero-order chi connectivity index (χ0) is 17.0. The molecule has 23 heavy (non-hydrogen) atoms. The number of nitrogens with zero attached hydrogens (tertiary/aromatic N) is 2. The second-order valence-electron chi connectivity index (χ2n) is 5.15. The first-order valence-corrected chi connectivity index (χ1v) is 8.24. The van der Waals surface area contributed by atoms with Gasteiger partial charge in [-0.3, -0.25) is 14.5 Å². The van der Waals surface area contributed by atoms with Crippen LogP contribution in [0.4, 0.5) is 5.69 Å². The predicted octanol–water partition coefficient (Wildman–Crippen LogP) is 2.52. The van der Waals surface area contributed by atoms with Crippen LogP contribution in [0, 0.1) is 0 Å². The van der Waals surface area contributed by atoms with Gasteiger partial charge in [-0.05, 0) is 23.8 Å². The van der Waals surface area contributed by atoms with Crippen LogP contribution in [0.2, 0.25) is 0 Å². The number of anilines is 1. The van der Waals surface area contributed by atoms with E-state index in [1.165, 1.54) is 23.8 Å². The van der Waals surface area contributed by atoms with Crippen LogP contribution in [0.15, 0.2) is 29.2 Å². The minimum atomic E-state index is -0.359. The molecule has 1 aliphatic rings. The average molecular weight is 350 g/mol. The SMILES string of the molecule is COC(=O)CCN1C(=O)C(=Cc2ccc(N(C)C)cc2)SC1=S. The van der Waals surface area contributed by atoms with Crippen molar-refractivity contribution < 1.29 is 14.3 Å². The second-order valence-corrected chi connectivity index (χ2v) is 6.82. The topological polar surface area (TPSA) is 49.9 Å². The zero-order valence-corrected chi connectivity index (χ0v) is 14.9. The van der Waals surface area contributed by atoms with Crippen LogP contribution in [0.25, 0.3) is 6.08 Å². The third kappa shape index (κ3) is 4.33. The van der Waals surface area contributed by atoms with Crippen LogP contribution in [-0.4, -0.2) is 48.8 Å². The molecule has 1 aliphatic heterocycles. The molecule has 0 spiro atoms. The Balaban J connectivity index is 2.10. The highest BCUT2D eigenvalue weighted by Gasteiger charge is 2.32. The Kier molecular flexibility index (Phi) is 5.79. The first-order valence-electron chi connectivity index (χ1n) is 7.02. The number of benzene rings is 1. The van der Waals surface area contributed by atoms with Crippen molar-refractivity contribution in [3.63, 3.8) is 0 Å². The smallest absolute Gasteiger partial charge is 0.307 e. The summed E-state index contributed by atoms with van der Waals surface area (Å²) in [6, 6.07) is 7.89. The molecular weight excluding hydrogens is 332 g/mol. The summed E-state index contributed by atoms with van der Waals surface area (Å²) in [4.78, 5) is 27.6. The maximum atomic E-state index is 12.4. The number of thiocarbonyl (C=S) groups is 1. The van der Waals surface area contributed by atoms with E-state index < -0.39 is 0 Å². The fourth-order valence-corrected chi connectivity index (χ4v) is 3.33. The first-order chi connectivity index (χ1) is 10.9. The van der Waals surface area contributed by atoms with Crippen molar-refractivity contribution in [3.05, 3.63) is 34.7 Å². The third-order valence-electron chi connectivity index (χ3n) is 3.35. The van der Waals surface area contributed by atoms with Crippen molar-refractivity contribution in [1.82, 2.24) is 4.90 Å². The summed E-state index contributed by atoms with van der Waals surface area (Å²) in [6.45, 7) is 0.244. The second kappa shape index (κ2) is 7.61. The van der Waals surface area contributed by atoms with Gasteiger partial charge >= 0.3 is 5.97 Å². The molecule has 0 atom stereocenters. The van der Waals surface area contributed by atoms with Crippen LogP contribution >= 0.6 is 24.0 Å². The lowest BCUT2D eigenvalue weighted by Gasteiger charge is -2.13. The van der Waals surface area contributed by atoms with E-state index in [9.17, 15) is 9.59 Å². The van der Waals surface area contributed by atoms with Crippen molar-refractivity contribution in [1.29, 1.82) is 0 Å². The summed E-state index contributed by atoms with van der Waals surface area (Å²) >= 11 is 6.48. The summed E-state index contributed by atoms with van der Waals surface area (Å²) < 4.78 is 5.06. The number of esters is 1. The number of hydrogen-bond acceptors (Lipinski definition) is 6. The molecule has 2 rings (SSSR count). The molecule has 1 aromatic carbocycles. The van der Waals surface area contributed by atoms with Gasteiger partial charge in [0.15, 0.2) is 0 Å². The Hall–Kier alpha value is -1.86. The lowest BCUT2D eigenvalue weighted by molar-refractivity contribution is -0.140. The highest BCUT2D eigenvalue weighted by molar-refractivity contribution is 8.26. The molecular formula is C16H18N2O3S2. The molecule has 0 unspecified atom stereocenters. The highest BCUT2D eigenvalue weighted by atomic mass is 32.2. The summed E-state index contributed by atoms with van der Waals surface area (Å²) in [6.07, 6.45) is 1.95. The Labute approximate surface area is 145 Å². The molecule has 5 nitrogen and oxygen atoms in total. The average Bonchev–Trinajstić information content (AvgIpc) is 2.79. The van der Waals surface area contributed by atoms with Crippen LogP contribution in [0.3, 0.4) is 0 Å². The van der Waals surface area contributed by atoms with Crippen LogP contribution in [0.5, 0.6) is 0 Å². The van der Waals surface area contributed by atoms with Gasteiger partial charge in [-0.15, -0.1) is 0 Å². The van der Waals surface area contributed by atoms with Gasteiger partial charge < -0.3 is 9.64 Å². The van der Waals surface area contributed by atoms with Crippen LogP contribution in [-0.2, 0) is 14.3 Å². The van der Waals surface area contributed by atoms with E-state index >= 15 is 0 Å². The van der Waals surface area contributed by atoms with Crippen molar-refractivity contribution in [2.75, 3.05) is 32.6 Å². The van der Waals surface area contributed by atoms with E-state index in [-0.39, 0.29) is 24.8 Å². The summed E-state index contributed by atoms with van der Waals surface area (Å²) in [5.74, 6) is -0.525. The Morgan fingerprint density at radius 1 is 1.35 bits per heavy atom. The molecule has 0 radical (unpaired) electrons. The molecule has 1 saturated heterocycles. The molecule has 0 saturated carbocycles. The van der Waals surface area contributed by atoms with Crippen LogP contribution in [0.1, 0.15) is 12.0 Å². The van der Waals surface area contributed by atoms with E-state index in [0.717, 1.165) is 11.3 Å². The molecule has 1 fully saturated rings. The van der Waals surface area contributed by atoms with Crippen molar-refractivity contribution in [3.8, 4) is 0 Å². The fourth-order valence-electron chi connectivity index (χ4n) is 2.02. The van der Waals surface area contributed by atoms with Gasteiger partial charge in [-0.25, -0.2) is 0 Å². The molecule has 1 amide bonds.